The highest BCUT2D eigenvalue weighted by molar-refractivity contribution is 5.56. The number of hydrogen-bond donors (Lipinski definition) is 1. The molecule has 3 rings (SSSR count). The van der Waals surface area contributed by atoms with E-state index >= 15 is 0 Å². The molecular formula is C17H24N6. The number of nitrogens with zero attached hydrogens (tertiary/aromatic N) is 5. The van der Waals surface area contributed by atoms with Crippen molar-refractivity contribution in [1.82, 2.24) is 24.1 Å². The first-order valence-electron chi connectivity index (χ1n) is 8.23. The van der Waals surface area contributed by atoms with Crippen molar-refractivity contribution in [2.24, 2.45) is 0 Å². The maximum absolute atomic E-state index is 4.71. The van der Waals surface area contributed by atoms with E-state index in [1.54, 1.807) is 0 Å². The first kappa shape index (κ1) is 15.5. The summed E-state index contributed by atoms with van der Waals surface area (Å²) in [6, 6.07) is 2.08. The van der Waals surface area contributed by atoms with E-state index in [-0.39, 0.29) is 0 Å². The van der Waals surface area contributed by atoms with Gasteiger partial charge in [0.2, 0.25) is 0 Å². The summed E-state index contributed by atoms with van der Waals surface area (Å²) in [5, 5.41) is 8.09. The lowest BCUT2D eigenvalue weighted by Crippen LogP contribution is -2.12. The fraction of sp³-hybridized carbons (Fsp3) is 0.471. The van der Waals surface area contributed by atoms with Gasteiger partial charge in [-0.05, 0) is 26.7 Å². The van der Waals surface area contributed by atoms with Crippen molar-refractivity contribution < 1.29 is 0 Å². The molecule has 0 atom stereocenters. The zero-order chi connectivity index (χ0) is 16.4. The van der Waals surface area contributed by atoms with Crippen LogP contribution in [0.25, 0.3) is 5.65 Å². The van der Waals surface area contributed by atoms with Crippen molar-refractivity contribution in [2.75, 3.05) is 5.32 Å². The minimum Gasteiger partial charge on any atom is -0.363 e. The molecule has 3 aromatic rings. The van der Waals surface area contributed by atoms with E-state index in [0.29, 0.717) is 6.54 Å². The molecular weight excluding hydrogens is 288 g/mol. The van der Waals surface area contributed by atoms with Gasteiger partial charge in [-0.2, -0.15) is 9.61 Å². The lowest BCUT2D eigenvalue weighted by Gasteiger charge is -2.11. The van der Waals surface area contributed by atoms with Gasteiger partial charge < -0.3 is 9.88 Å². The number of aryl methyl sites for hydroxylation is 4. The largest absolute Gasteiger partial charge is 0.363 e. The number of imidazole rings is 1. The number of nitrogens with one attached hydrogen (secondary N) is 1. The van der Waals surface area contributed by atoms with Crippen LogP contribution >= 0.6 is 0 Å². The van der Waals surface area contributed by atoms with Crippen molar-refractivity contribution in [3.63, 3.8) is 0 Å². The molecule has 3 aromatic heterocycles. The predicted molar refractivity (Wildman–Crippen MR) is 91.7 cm³/mol. The molecule has 3 heterocycles. The second-order valence-electron chi connectivity index (χ2n) is 5.82. The third kappa shape index (κ3) is 2.93. The van der Waals surface area contributed by atoms with Gasteiger partial charge in [0.15, 0.2) is 5.65 Å². The Hall–Kier alpha value is -2.37. The van der Waals surface area contributed by atoms with Crippen LogP contribution in [-0.2, 0) is 19.5 Å². The molecule has 0 saturated carbocycles. The summed E-state index contributed by atoms with van der Waals surface area (Å²) >= 11 is 0. The van der Waals surface area contributed by atoms with Gasteiger partial charge in [-0.1, -0.05) is 13.8 Å². The van der Waals surface area contributed by atoms with Crippen molar-refractivity contribution in [2.45, 2.75) is 53.6 Å². The standard InChI is InChI=1S/C17H24N6/c1-5-8-22-9-7-18-16(22)11-19-15-10-14(6-2)20-17-12(3)13(4)21-23(15)17/h7,9-10,19H,5-6,8,11H2,1-4H3. The third-order valence-electron chi connectivity index (χ3n) is 4.17. The van der Waals surface area contributed by atoms with Crippen LogP contribution in [0.5, 0.6) is 0 Å². The molecule has 0 bridgehead atoms. The zero-order valence-electron chi connectivity index (χ0n) is 14.3. The van der Waals surface area contributed by atoms with Gasteiger partial charge in [-0.15, -0.1) is 0 Å². The van der Waals surface area contributed by atoms with Crippen LogP contribution in [0, 0.1) is 13.8 Å². The van der Waals surface area contributed by atoms with Gasteiger partial charge in [-0.3, -0.25) is 0 Å². The molecule has 0 aliphatic rings. The molecule has 0 radical (unpaired) electrons. The Morgan fingerprint density at radius 2 is 2.04 bits per heavy atom. The van der Waals surface area contributed by atoms with E-state index in [9.17, 15) is 0 Å². The SMILES string of the molecule is CCCn1ccnc1CNc1cc(CC)nc2c(C)c(C)nn12. The number of hydrogen-bond acceptors (Lipinski definition) is 4. The van der Waals surface area contributed by atoms with Crippen molar-refractivity contribution >= 4 is 11.5 Å². The van der Waals surface area contributed by atoms with Gasteiger partial charge >= 0.3 is 0 Å². The summed E-state index contributed by atoms with van der Waals surface area (Å²) in [6.45, 7) is 10.0. The van der Waals surface area contributed by atoms with E-state index in [0.717, 1.165) is 53.6 Å². The van der Waals surface area contributed by atoms with E-state index in [2.05, 4.69) is 46.8 Å². The average Bonchev–Trinajstić information content (AvgIpc) is 3.11. The molecule has 0 aliphatic heterocycles. The number of aromatic nitrogens is 5. The monoisotopic (exact) mass is 312 g/mol. The molecule has 0 amide bonds. The average molecular weight is 312 g/mol. The summed E-state index contributed by atoms with van der Waals surface area (Å²) in [5.74, 6) is 2.00. The van der Waals surface area contributed by atoms with Crippen molar-refractivity contribution in [3.05, 3.63) is 41.2 Å². The first-order chi connectivity index (χ1) is 11.1. The van der Waals surface area contributed by atoms with Gasteiger partial charge in [-0.25, -0.2) is 9.97 Å². The maximum atomic E-state index is 4.71. The lowest BCUT2D eigenvalue weighted by atomic mass is 10.2. The fourth-order valence-electron chi connectivity index (χ4n) is 2.71. The number of anilines is 1. The van der Waals surface area contributed by atoms with Crippen LogP contribution in [0.1, 0.15) is 43.0 Å². The number of rotatable bonds is 6. The predicted octanol–water partition coefficient (Wildman–Crippen LogP) is 3.13. The van der Waals surface area contributed by atoms with Gasteiger partial charge in [0.1, 0.15) is 11.6 Å². The minimum atomic E-state index is 0.674. The Balaban J connectivity index is 1.92. The Morgan fingerprint density at radius 3 is 2.78 bits per heavy atom. The van der Waals surface area contributed by atoms with E-state index < -0.39 is 0 Å². The molecule has 1 N–H and O–H groups in total. The minimum absolute atomic E-state index is 0.674. The smallest absolute Gasteiger partial charge is 0.160 e. The summed E-state index contributed by atoms with van der Waals surface area (Å²) in [5.41, 5.74) is 4.15. The fourth-order valence-corrected chi connectivity index (χ4v) is 2.71. The Labute approximate surface area is 136 Å². The molecule has 0 aliphatic carbocycles. The highest BCUT2D eigenvalue weighted by Crippen LogP contribution is 2.19. The van der Waals surface area contributed by atoms with Crippen molar-refractivity contribution in [1.29, 1.82) is 0 Å². The zero-order valence-corrected chi connectivity index (χ0v) is 14.3. The van der Waals surface area contributed by atoms with Gasteiger partial charge in [0.25, 0.3) is 0 Å². The van der Waals surface area contributed by atoms with Crippen LogP contribution in [0.2, 0.25) is 0 Å². The van der Waals surface area contributed by atoms with E-state index in [1.807, 2.05) is 23.8 Å². The molecule has 6 nitrogen and oxygen atoms in total. The molecule has 0 saturated heterocycles. The second-order valence-corrected chi connectivity index (χ2v) is 5.82. The van der Waals surface area contributed by atoms with Gasteiger partial charge in [0, 0.05) is 36.3 Å². The van der Waals surface area contributed by atoms with Crippen LogP contribution < -0.4 is 5.32 Å². The van der Waals surface area contributed by atoms with Crippen LogP contribution in [0.15, 0.2) is 18.5 Å². The van der Waals surface area contributed by atoms with Gasteiger partial charge in [0.05, 0.1) is 12.2 Å². The Kier molecular flexibility index (Phi) is 4.32. The van der Waals surface area contributed by atoms with Crippen molar-refractivity contribution in [3.8, 4) is 0 Å². The summed E-state index contributed by atoms with van der Waals surface area (Å²) < 4.78 is 4.09. The molecule has 0 fully saturated rings. The Morgan fingerprint density at radius 1 is 1.22 bits per heavy atom. The van der Waals surface area contributed by atoms with Crippen LogP contribution in [-0.4, -0.2) is 24.1 Å². The summed E-state index contributed by atoms with van der Waals surface area (Å²) in [4.78, 5) is 9.16. The quantitative estimate of drug-likeness (QED) is 0.759. The highest BCUT2D eigenvalue weighted by Gasteiger charge is 2.12. The third-order valence-corrected chi connectivity index (χ3v) is 4.17. The van der Waals surface area contributed by atoms with E-state index in [4.69, 9.17) is 4.98 Å². The molecule has 0 spiro atoms. The molecule has 0 unspecified atom stereocenters. The molecule has 23 heavy (non-hydrogen) atoms. The number of fused-ring (bicyclic) bond motifs is 1. The maximum Gasteiger partial charge on any atom is 0.160 e. The molecule has 6 heteroatoms. The normalized spacial score (nSPS) is 11.3. The lowest BCUT2D eigenvalue weighted by molar-refractivity contribution is 0.643. The Bertz CT molecular complexity index is 814. The second kappa shape index (κ2) is 6.40. The van der Waals surface area contributed by atoms with Crippen LogP contribution in [0.4, 0.5) is 5.82 Å². The topological polar surface area (TPSA) is 60.0 Å². The van der Waals surface area contributed by atoms with E-state index in [1.165, 1.54) is 0 Å². The van der Waals surface area contributed by atoms with Crippen LogP contribution in [0.3, 0.4) is 0 Å². The molecule has 122 valence electrons. The highest BCUT2D eigenvalue weighted by atomic mass is 15.3. The summed E-state index contributed by atoms with van der Waals surface area (Å²) in [7, 11) is 0. The molecule has 0 aromatic carbocycles. The first-order valence-corrected chi connectivity index (χ1v) is 8.23. The summed E-state index contributed by atoms with van der Waals surface area (Å²) in [6.07, 6.45) is 5.89.